The van der Waals surface area contributed by atoms with Crippen molar-refractivity contribution in [3.8, 4) is 0 Å². The molecule has 1 unspecified atom stereocenters. The van der Waals surface area contributed by atoms with Gasteiger partial charge >= 0.3 is 0 Å². The van der Waals surface area contributed by atoms with Gasteiger partial charge in [0.2, 0.25) is 0 Å². The predicted octanol–water partition coefficient (Wildman–Crippen LogP) is 2.59. The Hall–Kier alpha value is -1.98. The average molecular weight is 303 g/mol. The van der Waals surface area contributed by atoms with Gasteiger partial charge < -0.3 is 10.4 Å². The van der Waals surface area contributed by atoms with E-state index in [0.29, 0.717) is 11.1 Å². The summed E-state index contributed by atoms with van der Waals surface area (Å²) in [7, 11) is 0. The molecular formula is C16H17NO3S. The van der Waals surface area contributed by atoms with Crippen molar-refractivity contribution in [2.24, 2.45) is 0 Å². The highest BCUT2D eigenvalue weighted by atomic mass is 32.1. The van der Waals surface area contributed by atoms with Gasteiger partial charge in [-0.3, -0.25) is 9.59 Å². The molecule has 0 radical (unpaired) electrons. The Labute approximate surface area is 127 Å². The molecule has 1 atom stereocenters. The standard InChI is InChI=1S/C16H17NO3S/c1-11(18)12-3-5-13(6-4-12)15(19)17-10-16(2,20)14-7-8-21-9-14/h3-9,20H,10H2,1-2H3,(H,17,19). The maximum absolute atomic E-state index is 12.0. The molecule has 0 saturated heterocycles. The van der Waals surface area contributed by atoms with Crippen molar-refractivity contribution in [2.45, 2.75) is 19.4 Å². The second-order valence-electron chi connectivity index (χ2n) is 5.10. The van der Waals surface area contributed by atoms with E-state index in [9.17, 15) is 14.7 Å². The van der Waals surface area contributed by atoms with Crippen LogP contribution in [0.15, 0.2) is 41.1 Å². The lowest BCUT2D eigenvalue weighted by molar-refractivity contribution is 0.0530. The van der Waals surface area contributed by atoms with Gasteiger partial charge in [-0.15, -0.1) is 0 Å². The molecule has 4 nitrogen and oxygen atoms in total. The minimum Gasteiger partial charge on any atom is -0.384 e. The van der Waals surface area contributed by atoms with Crippen LogP contribution in [0.25, 0.3) is 0 Å². The number of Topliss-reactive ketones (excluding diaryl/α,β-unsaturated/α-hetero) is 1. The van der Waals surface area contributed by atoms with Crippen LogP contribution in [0, 0.1) is 0 Å². The van der Waals surface area contributed by atoms with Crippen molar-refractivity contribution in [3.63, 3.8) is 0 Å². The minimum absolute atomic E-state index is 0.0395. The summed E-state index contributed by atoms with van der Waals surface area (Å²) < 4.78 is 0. The molecule has 21 heavy (non-hydrogen) atoms. The zero-order chi connectivity index (χ0) is 15.5. The fourth-order valence-corrected chi connectivity index (χ4v) is 2.67. The van der Waals surface area contributed by atoms with Crippen LogP contribution in [0.1, 0.15) is 40.1 Å². The monoisotopic (exact) mass is 303 g/mol. The maximum Gasteiger partial charge on any atom is 0.251 e. The highest BCUT2D eigenvalue weighted by molar-refractivity contribution is 7.08. The van der Waals surface area contributed by atoms with Gasteiger partial charge in [0.1, 0.15) is 5.60 Å². The Morgan fingerprint density at radius 2 is 1.81 bits per heavy atom. The molecule has 0 aliphatic carbocycles. The van der Waals surface area contributed by atoms with E-state index in [2.05, 4.69) is 5.32 Å². The largest absolute Gasteiger partial charge is 0.384 e. The Balaban J connectivity index is 2.00. The molecule has 2 aromatic rings. The predicted molar refractivity (Wildman–Crippen MR) is 82.7 cm³/mol. The van der Waals surface area contributed by atoms with Crippen LogP contribution < -0.4 is 5.32 Å². The molecule has 1 amide bonds. The molecule has 2 N–H and O–H groups in total. The topological polar surface area (TPSA) is 66.4 Å². The molecule has 0 aliphatic rings. The van der Waals surface area contributed by atoms with E-state index >= 15 is 0 Å². The molecule has 5 heteroatoms. The van der Waals surface area contributed by atoms with E-state index in [1.54, 1.807) is 31.2 Å². The van der Waals surface area contributed by atoms with Crippen LogP contribution in [0.4, 0.5) is 0 Å². The van der Waals surface area contributed by atoms with Gasteiger partial charge in [-0.05, 0) is 48.4 Å². The summed E-state index contributed by atoms with van der Waals surface area (Å²) in [5.74, 6) is -0.317. The number of nitrogens with one attached hydrogen (secondary N) is 1. The zero-order valence-electron chi connectivity index (χ0n) is 11.9. The third kappa shape index (κ3) is 3.77. The van der Waals surface area contributed by atoms with Gasteiger partial charge in [0.15, 0.2) is 5.78 Å². The second-order valence-corrected chi connectivity index (χ2v) is 5.88. The van der Waals surface area contributed by atoms with E-state index in [4.69, 9.17) is 0 Å². The summed E-state index contributed by atoms with van der Waals surface area (Å²) in [5.41, 5.74) is 0.701. The summed E-state index contributed by atoms with van der Waals surface area (Å²) in [6.07, 6.45) is 0. The van der Waals surface area contributed by atoms with Crippen molar-refractivity contribution in [2.75, 3.05) is 6.54 Å². The summed E-state index contributed by atoms with van der Waals surface area (Å²) in [6.45, 7) is 3.26. The Bertz CT molecular complexity index is 630. The van der Waals surface area contributed by atoms with Gasteiger partial charge in [-0.2, -0.15) is 11.3 Å². The molecule has 0 fully saturated rings. The number of carbonyl (C=O) groups is 2. The van der Waals surface area contributed by atoms with E-state index in [1.165, 1.54) is 18.3 Å². The van der Waals surface area contributed by atoms with Gasteiger partial charge in [0.25, 0.3) is 5.91 Å². The van der Waals surface area contributed by atoms with Crippen LogP contribution in [0.2, 0.25) is 0 Å². The smallest absolute Gasteiger partial charge is 0.251 e. The van der Waals surface area contributed by atoms with Gasteiger partial charge in [-0.25, -0.2) is 0 Å². The number of ketones is 1. The molecule has 1 heterocycles. The van der Waals surface area contributed by atoms with E-state index in [1.807, 2.05) is 16.8 Å². The minimum atomic E-state index is -1.10. The molecule has 110 valence electrons. The number of aliphatic hydroxyl groups is 1. The summed E-state index contributed by atoms with van der Waals surface area (Å²) in [4.78, 5) is 23.2. The lowest BCUT2D eigenvalue weighted by Gasteiger charge is -2.22. The summed E-state index contributed by atoms with van der Waals surface area (Å²) in [5, 5.41) is 16.8. The Kier molecular flexibility index (Phi) is 4.55. The fraction of sp³-hybridized carbons (Fsp3) is 0.250. The molecular weight excluding hydrogens is 286 g/mol. The van der Waals surface area contributed by atoms with Crippen LogP contribution in [-0.4, -0.2) is 23.3 Å². The number of rotatable bonds is 5. The molecule has 0 bridgehead atoms. The number of hydrogen-bond donors (Lipinski definition) is 2. The Morgan fingerprint density at radius 3 is 2.33 bits per heavy atom. The zero-order valence-corrected chi connectivity index (χ0v) is 12.7. The van der Waals surface area contributed by atoms with E-state index in [0.717, 1.165) is 5.56 Å². The van der Waals surface area contributed by atoms with Crippen molar-refractivity contribution in [1.29, 1.82) is 0 Å². The first-order chi connectivity index (χ1) is 9.90. The van der Waals surface area contributed by atoms with Gasteiger partial charge in [0, 0.05) is 11.1 Å². The third-order valence-corrected chi connectivity index (χ3v) is 3.97. The SMILES string of the molecule is CC(=O)c1ccc(C(=O)NCC(C)(O)c2ccsc2)cc1. The molecule has 1 aromatic heterocycles. The van der Waals surface area contributed by atoms with Crippen molar-refractivity contribution in [1.82, 2.24) is 5.32 Å². The number of amides is 1. The van der Waals surface area contributed by atoms with Crippen molar-refractivity contribution >= 4 is 23.0 Å². The highest BCUT2D eigenvalue weighted by Crippen LogP contribution is 2.22. The second kappa shape index (κ2) is 6.20. The first kappa shape index (κ1) is 15.4. The lowest BCUT2D eigenvalue weighted by Crippen LogP contribution is -2.38. The number of carbonyl (C=O) groups excluding carboxylic acids is 2. The highest BCUT2D eigenvalue weighted by Gasteiger charge is 2.24. The number of benzene rings is 1. The maximum atomic E-state index is 12.0. The van der Waals surface area contributed by atoms with E-state index in [-0.39, 0.29) is 18.2 Å². The molecule has 1 aromatic carbocycles. The first-order valence-electron chi connectivity index (χ1n) is 6.54. The summed E-state index contributed by atoms with van der Waals surface area (Å²) in [6, 6.07) is 8.28. The quantitative estimate of drug-likeness (QED) is 0.834. The normalized spacial score (nSPS) is 13.5. The molecule has 0 spiro atoms. The van der Waals surface area contributed by atoms with Gasteiger partial charge in [0.05, 0.1) is 6.54 Å². The number of hydrogen-bond acceptors (Lipinski definition) is 4. The third-order valence-electron chi connectivity index (χ3n) is 3.29. The van der Waals surface area contributed by atoms with Crippen molar-refractivity contribution < 1.29 is 14.7 Å². The molecule has 2 rings (SSSR count). The Morgan fingerprint density at radius 1 is 1.19 bits per heavy atom. The average Bonchev–Trinajstić information content (AvgIpc) is 3.00. The van der Waals surface area contributed by atoms with Crippen LogP contribution in [-0.2, 0) is 5.60 Å². The molecule has 0 saturated carbocycles. The fourth-order valence-electron chi connectivity index (χ4n) is 1.88. The van der Waals surface area contributed by atoms with Crippen LogP contribution in [0.3, 0.4) is 0 Å². The van der Waals surface area contributed by atoms with Crippen LogP contribution in [0.5, 0.6) is 0 Å². The van der Waals surface area contributed by atoms with Crippen LogP contribution >= 0.6 is 11.3 Å². The summed E-state index contributed by atoms with van der Waals surface area (Å²) >= 11 is 1.50. The first-order valence-corrected chi connectivity index (χ1v) is 7.49. The van der Waals surface area contributed by atoms with E-state index < -0.39 is 5.60 Å². The molecule has 0 aliphatic heterocycles. The van der Waals surface area contributed by atoms with Crippen molar-refractivity contribution in [3.05, 3.63) is 57.8 Å². The lowest BCUT2D eigenvalue weighted by atomic mass is 9.99. The van der Waals surface area contributed by atoms with Gasteiger partial charge in [-0.1, -0.05) is 12.1 Å². The number of thiophene rings is 1.